The predicted molar refractivity (Wildman–Crippen MR) is 89.5 cm³/mol. The number of carbonyl (C=O) groups excluding carboxylic acids is 2. The van der Waals surface area contributed by atoms with Crippen LogP contribution in [0.25, 0.3) is 0 Å². The van der Waals surface area contributed by atoms with Gasteiger partial charge in [0.25, 0.3) is 5.91 Å². The molecule has 0 aliphatic carbocycles. The van der Waals surface area contributed by atoms with E-state index in [4.69, 9.17) is 4.74 Å². The first-order valence-electron chi connectivity index (χ1n) is 8.00. The minimum absolute atomic E-state index is 0.0217. The van der Waals surface area contributed by atoms with Crippen LogP contribution in [0.1, 0.15) is 30.1 Å². The van der Waals surface area contributed by atoms with Crippen LogP contribution in [-0.2, 0) is 9.53 Å². The molecule has 0 saturated carbocycles. The van der Waals surface area contributed by atoms with Gasteiger partial charge in [0.1, 0.15) is 0 Å². The summed E-state index contributed by atoms with van der Waals surface area (Å²) in [4.78, 5) is 24.4. The average molecular weight is 319 g/mol. The maximum Gasteiger partial charge on any atom is 0.251 e. The number of benzene rings is 1. The number of hydrogen-bond donors (Lipinski definition) is 3. The molecule has 1 fully saturated rings. The first kappa shape index (κ1) is 17.4. The molecule has 1 heterocycles. The molecule has 1 aliphatic rings. The van der Waals surface area contributed by atoms with Gasteiger partial charge in [0.15, 0.2) is 0 Å². The van der Waals surface area contributed by atoms with Gasteiger partial charge >= 0.3 is 0 Å². The van der Waals surface area contributed by atoms with Crippen LogP contribution in [0, 0.1) is 5.41 Å². The van der Waals surface area contributed by atoms with Crippen LogP contribution in [0.15, 0.2) is 24.3 Å². The lowest BCUT2D eigenvalue weighted by atomic mass is 9.78. The van der Waals surface area contributed by atoms with Crippen LogP contribution < -0.4 is 16.0 Å². The summed E-state index contributed by atoms with van der Waals surface area (Å²) in [5.41, 5.74) is 0.786. The normalized spacial score (nSPS) is 16.6. The maximum atomic E-state index is 12.7. The summed E-state index contributed by atoms with van der Waals surface area (Å²) >= 11 is 0. The van der Waals surface area contributed by atoms with E-state index in [1.165, 1.54) is 0 Å². The average Bonchev–Trinajstić information content (AvgIpc) is 2.57. The Kier molecular flexibility index (Phi) is 6.12. The molecule has 2 amide bonds. The van der Waals surface area contributed by atoms with Crippen molar-refractivity contribution in [3.8, 4) is 0 Å². The van der Waals surface area contributed by atoms with Crippen molar-refractivity contribution >= 4 is 17.5 Å². The lowest BCUT2D eigenvalue weighted by Gasteiger charge is -2.35. The number of carbonyl (C=O) groups is 2. The summed E-state index contributed by atoms with van der Waals surface area (Å²) in [6, 6.07) is 6.94. The zero-order valence-corrected chi connectivity index (χ0v) is 13.8. The summed E-state index contributed by atoms with van der Waals surface area (Å²) in [6.07, 6.45) is 1.51. The molecule has 0 radical (unpaired) electrons. The van der Waals surface area contributed by atoms with Gasteiger partial charge in [0.05, 0.1) is 12.0 Å². The molecule has 23 heavy (non-hydrogen) atoms. The Labute approximate surface area is 137 Å². The third-order valence-electron chi connectivity index (χ3n) is 4.21. The van der Waals surface area contributed by atoms with Crippen LogP contribution in [0.3, 0.4) is 0 Å². The second-order valence-electron chi connectivity index (χ2n) is 5.85. The monoisotopic (exact) mass is 319 g/mol. The van der Waals surface area contributed by atoms with Crippen molar-refractivity contribution in [1.29, 1.82) is 0 Å². The second kappa shape index (κ2) is 8.08. The van der Waals surface area contributed by atoms with E-state index in [2.05, 4.69) is 16.0 Å². The van der Waals surface area contributed by atoms with Crippen molar-refractivity contribution in [3.05, 3.63) is 29.8 Å². The zero-order valence-electron chi connectivity index (χ0n) is 13.8. The van der Waals surface area contributed by atoms with E-state index in [0.717, 1.165) is 25.9 Å². The second-order valence-corrected chi connectivity index (χ2v) is 5.85. The summed E-state index contributed by atoms with van der Waals surface area (Å²) in [7, 11) is 1.62. The minimum atomic E-state index is -0.488. The SMILES string of the molecule is CCNC(=O)c1ccc(NC(=O)C2(COC)CCNCC2)cc1. The van der Waals surface area contributed by atoms with Crippen LogP contribution in [0.5, 0.6) is 0 Å². The van der Waals surface area contributed by atoms with E-state index in [-0.39, 0.29) is 11.8 Å². The number of piperidine rings is 1. The fourth-order valence-corrected chi connectivity index (χ4v) is 2.85. The van der Waals surface area contributed by atoms with E-state index >= 15 is 0 Å². The molecule has 1 aliphatic heterocycles. The van der Waals surface area contributed by atoms with E-state index < -0.39 is 5.41 Å². The topological polar surface area (TPSA) is 79.5 Å². The fraction of sp³-hybridized carbons (Fsp3) is 0.529. The Balaban J connectivity index is 2.05. The molecule has 0 spiro atoms. The smallest absolute Gasteiger partial charge is 0.251 e. The standard InChI is InChI=1S/C17H25N3O3/c1-3-19-15(21)13-4-6-14(7-5-13)20-16(22)17(12-23-2)8-10-18-11-9-17/h4-7,18H,3,8-12H2,1-2H3,(H,19,21)(H,20,22). The summed E-state index contributed by atoms with van der Waals surface area (Å²) in [5.74, 6) is -0.133. The molecule has 0 atom stereocenters. The number of nitrogens with one attached hydrogen (secondary N) is 3. The molecule has 6 heteroatoms. The van der Waals surface area contributed by atoms with Gasteiger partial charge in [-0.05, 0) is 57.1 Å². The molecule has 2 rings (SSSR count). The lowest BCUT2D eigenvalue weighted by molar-refractivity contribution is -0.130. The van der Waals surface area contributed by atoms with Crippen molar-refractivity contribution in [2.75, 3.05) is 38.7 Å². The van der Waals surface area contributed by atoms with E-state index in [1.54, 1.807) is 31.4 Å². The van der Waals surface area contributed by atoms with Gasteiger partial charge in [-0.1, -0.05) is 0 Å². The minimum Gasteiger partial charge on any atom is -0.384 e. The summed E-state index contributed by atoms with van der Waals surface area (Å²) < 4.78 is 5.28. The zero-order chi connectivity index (χ0) is 16.7. The maximum absolute atomic E-state index is 12.7. The van der Waals surface area contributed by atoms with Crippen molar-refractivity contribution in [2.45, 2.75) is 19.8 Å². The first-order valence-corrected chi connectivity index (χ1v) is 8.00. The van der Waals surface area contributed by atoms with Gasteiger partial charge in [-0.25, -0.2) is 0 Å². The Morgan fingerprint density at radius 3 is 2.43 bits per heavy atom. The third kappa shape index (κ3) is 4.30. The highest BCUT2D eigenvalue weighted by molar-refractivity contribution is 5.97. The highest BCUT2D eigenvalue weighted by Crippen LogP contribution is 2.30. The van der Waals surface area contributed by atoms with Crippen LogP contribution in [0.4, 0.5) is 5.69 Å². The van der Waals surface area contributed by atoms with E-state index in [1.807, 2.05) is 6.92 Å². The van der Waals surface area contributed by atoms with E-state index in [9.17, 15) is 9.59 Å². The molecule has 0 aromatic heterocycles. The van der Waals surface area contributed by atoms with Gasteiger partial charge in [0.2, 0.25) is 5.91 Å². The number of methoxy groups -OCH3 is 1. The van der Waals surface area contributed by atoms with Crippen molar-refractivity contribution in [1.82, 2.24) is 10.6 Å². The third-order valence-corrected chi connectivity index (χ3v) is 4.21. The molecule has 0 unspecified atom stereocenters. The molecule has 126 valence electrons. The first-order chi connectivity index (χ1) is 11.1. The molecular formula is C17H25N3O3. The van der Waals surface area contributed by atoms with Gasteiger partial charge in [0, 0.05) is 24.9 Å². The van der Waals surface area contributed by atoms with Gasteiger partial charge in [-0.3, -0.25) is 9.59 Å². The van der Waals surface area contributed by atoms with Gasteiger partial charge < -0.3 is 20.7 Å². The van der Waals surface area contributed by atoms with Crippen molar-refractivity contribution in [2.24, 2.45) is 5.41 Å². The highest BCUT2D eigenvalue weighted by atomic mass is 16.5. The number of amides is 2. The van der Waals surface area contributed by atoms with Gasteiger partial charge in [-0.15, -0.1) is 0 Å². The molecule has 1 aromatic rings. The van der Waals surface area contributed by atoms with Crippen LogP contribution in [-0.4, -0.2) is 45.2 Å². The number of rotatable bonds is 6. The van der Waals surface area contributed by atoms with Crippen LogP contribution >= 0.6 is 0 Å². The highest BCUT2D eigenvalue weighted by Gasteiger charge is 2.39. The number of anilines is 1. The summed E-state index contributed by atoms with van der Waals surface area (Å²) in [6.45, 7) is 4.50. The van der Waals surface area contributed by atoms with Gasteiger partial charge in [-0.2, -0.15) is 0 Å². The number of hydrogen-bond acceptors (Lipinski definition) is 4. The Hall–Kier alpha value is -1.92. The van der Waals surface area contributed by atoms with Crippen molar-refractivity contribution in [3.63, 3.8) is 0 Å². The molecular weight excluding hydrogens is 294 g/mol. The molecule has 6 nitrogen and oxygen atoms in total. The lowest BCUT2D eigenvalue weighted by Crippen LogP contribution is -2.47. The molecule has 1 saturated heterocycles. The largest absolute Gasteiger partial charge is 0.384 e. The molecule has 0 bridgehead atoms. The quantitative estimate of drug-likeness (QED) is 0.740. The van der Waals surface area contributed by atoms with E-state index in [0.29, 0.717) is 24.4 Å². The Morgan fingerprint density at radius 1 is 1.22 bits per heavy atom. The fourth-order valence-electron chi connectivity index (χ4n) is 2.85. The van der Waals surface area contributed by atoms with Crippen molar-refractivity contribution < 1.29 is 14.3 Å². The predicted octanol–water partition coefficient (Wildman–Crippen LogP) is 1.39. The Morgan fingerprint density at radius 2 is 1.87 bits per heavy atom. The van der Waals surface area contributed by atoms with Crippen LogP contribution in [0.2, 0.25) is 0 Å². The molecule has 1 aromatic carbocycles. The molecule has 3 N–H and O–H groups in total. The Bertz CT molecular complexity index is 531. The number of ether oxygens (including phenoxy) is 1. The summed E-state index contributed by atoms with van der Waals surface area (Å²) in [5, 5.41) is 8.97.